The van der Waals surface area contributed by atoms with Gasteiger partial charge in [-0.2, -0.15) is 0 Å². The molecule has 0 saturated carbocycles. The van der Waals surface area contributed by atoms with Crippen LogP contribution in [0.3, 0.4) is 0 Å². The van der Waals surface area contributed by atoms with Crippen molar-refractivity contribution >= 4 is 36.5 Å². The first kappa shape index (κ1) is 8.05. The number of methoxy groups -OCH3 is 1. The maximum atomic E-state index is 5.11. The molecule has 4 heteroatoms. The van der Waals surface area contributed by atoms with E-state index in [0.717, 1.165) is 14.8 Å². The minimum atomic E-state index is 0.291. The van der Waals surface area contributed by atoms with Crippen LogP contribution in [0.2, 0.25) is 0 Å². The van der Waals surface area contributed by atoms with Crippen LogP contribution in [0.4, 0.5) is 0 Å². The Morgan fingerprint density at radius 3 is 3.08 bits per heavy atom. The Bertz CT molecular complexity index is 459. The van der Waals surface area contributed by atoms with Crippen LogP contribution in [0.1, 0.15) is 0 Å². The molecule has 1 aromatic carbocycles. The van der Waals surface area contributed by atoms with Gasteiger partial charge in [-0.15, -0.1) is 0 Å². The van der Waals surface area contributed by atoms with Gasteiger partial charge in [-0.3, -0.25) is 0 Å². The zero-order valence-corrected chi connectivity index (χ0v) is 8.99. The Labute approximate surface area is 80.9 Å². The second kappa shape index (κ2) is 3.05. The summed E-state index contributed by atoms with van der Waals surface area (Å²) >= 11 is 5.37. The molecule has 2 aromatic rings. The summed E-state index contributed by atoms with van der Waals surface area (Å²) < 4.78 is 7.35. The Kier molecular flexibility index (Phi) is 2.05. The molecule has 2 nitrogen and oxygen atoms in total. The third-order valence-corrected chi connectivity index (χ3v) is 3.94. The van der Waals surface area contributed by atoms with Crippen molar-refractivity contribution in [2.75, 3.05) is 7.11 Å². The number of ether oxygens (including phenoxy) is 1. The van der Waals surface area contributed by atoms with Crippen LogP contribution in [0, 0.1) is 3.51 Å². The van der Waals surface area contributed by atoms with Gasteiger partial charge in [0.2, 0.25) is 0 Å². The van der Waals surface area contributed by atoms with E-state index in [1.54, 1.807) is 7.11 Å². The fourth-order valence-electron chi connectivity index (χ4n) is 1.05. The first-order valence-electron chi connectivity index (χ1n) is 3.46. The molecule has 0 fully saturated rings. The standard InChI is InChI=1S/C8H7NOSSe/c1-10-5-2-3-6-7(4-5)12-8(11)9-6/h2-4H,1H3,(H,9,11). The second-order valence-corrected chi connectivity index (χ2v) is 5.58. The van der Waals surface area contributed by atoms with Crippen molar-refractivity contribution in [3.8, 4) is 5.75 Å². The van der Waals surface area contributed by atoms with Gasteiger partial charge >= 0.3 is 80.8 Å². The van der Waals surface area contributed by atoms with Crippen LogP contribution >= 0.6 is 12.2 Å². The molecule has 1 heterocycles. The van der Waals surface area contributed by atoms with E-state index < -0.39 is 0 Å². The molecule has 12 heavy (non-hydrogen) atoms. The van der Waals surface area contributed by atoms with Crippen LogP contribution in [0.5, 0.6) is 5.75 Å². The predicted molar refractivity (Wildman–Crippen MR) is 52.6 cm³/mol. The fraction of sp³-hybridized carbons (Fsp3) is 0.125. The number of aromatic nitrogens is 1. The van der Waals surface area contributed by atoms with E-state index in [4.69, 9.17) is 17.0 Å². The molecule has 0 radical (unpaired) electrons. The average molecular weight is 244 g/mol. The van der Waals surface area contributed by atoms with Crippen molar-refractivity contribution in [2.24, 2.45) is 0 Å². The summed E-state index contributed by atoms with van der Waals surface area (Å²) in [6, 6.07) is 5.99. The molecule has 1 N–H and O–H groups in total. The molecule has 0 amide bonds. The molecule has 0 unspecified atom stereocenters. The van der Waals surface area contributed by atoms with Gasteiger partial charge in [-0.25, -0.2) is 0 Å². The van der Waals surface area contributed by atoms with Crippen LogP contribution in [0.25, 0.3) is 9.78 Å². The van der Waals surface area contributed by atoms with Gasteiger partial charge in [-0.1, -0.05) is 0 Å². The van der Waals surface area contributed by atoms with Crippen LogP contribution in [0.15, 0.2) is 18.2 Å². The van der Waals surface area contributed by atoms with Crippen LogP contribution < -0.4 is 4.74 Å². The molecule has 0 spiro atoms. The van der Waals surface area contributed by atoms with Crippen molar-refractivity contribution in [3.05, 3.63) is 21.7 Å². The molecule has 2 rings (SSSR count). The summed E-state index contributed by atoms with van der Waals surface area (Å²) in [4.78, 5) is 3.15. The molecular formula is C8H7NOSSe. The first-order valence-corrected chi connectivity index (χ1v) is 5.58. The molecule has 0 bridgehead atoms. The molecule has 1 aromatic heterocycles. The van der Waals surface area contributed by atoms with Crippen molar-refractivity contribution < 1.29 is 4.74 Å². The quantitative estimate of drug-likeness (QED) is 0.612. The van der Waals surface area contributed by atoms with Gasteiger partial charge < -0.3 is 0 Å². The number of rotatable bonds is 1. The molecule has 0 atom stereocenters. The van der Waals surface area contributed by atoms with Crippen LogP contribution in [-0.2, 0) is 0 Å². The van der Waals surface area contributed by atoms with E-state index in [-0.39, 0.29) is 0 Å². The fourth-order valence-corrected chi connectivity index (χ4v) is 3.23. The van der Waals surface area contributed by atoms with E-state index in [1.807, 2.05) is 18.2 Å². The molecule has 0 aliphatic carbocycles. The van der Waals surface area contributed by atoms with Crippen molar-refractivity contribution in [3.63, 3.8) is 0 Å². The van der Waals surface area contributed by atoms with Gasteiger partial charge in [0.15, 0.2) is 0 Å². The molecule has 0 aliphatic heterocycles. The summed E-state index contributed by atoms with van der Waals surface area (Å²) in [5.74, 6) is 0.905. The molecule has 0 saturated heterocycles. The van der Waals surface area contributed by atoms with E-state index in [9.17, 15) is 0 Å². The Balaban J connectivity index is 2.74. The van der Waals surface area contributed by atoms with E-state index in [1.165, 1.54) is 4.26 Å². The van der Waals surface area contributed by atoms with Crippen molar-refractivity contribution in [2.45, 2.75) is 0 Å². The number of nitrogens with one attached hydrogen (secondary N) is 1. The number of aromatic amines is 1. The van der Waals surface area contributed by atoms with Gasteiger partial charge in [0.05, 0.1) is 0 Å². The summed E-state index contributed by atoms with van der Waals surface area (Å²) in [5, 5.41) is 0. The van der Waals surface area contributed by atoms with E-state index in [2.05, 4.69) is 4.98 Å². The molecule has 62 valence electrons. The van der Waals surface area contributed by atoms with E-state index in [0.29, 0.717) is 14.5 Å². The number of hydrogen-bond acceptors (Lipinski definition) is 2. The third kappa shape index (κ3) is 1.33. The first-order chi connectivity index (χ1) is 5.79. The normalized spacial score (nSPS) is 10.4. The molecule has 0 aliphatic rings. The number of benzene rings is 1. The van der Waals surface area contributed by atoms with Crippen molar-refractivity contribution in [1.29, 1.82) is 0 Å². The predicted octanol–water partition coefficient (Wildman–Crippen LogP) is 1.96. The van der Waals surface area contributed by atoms with Gasteiger partial charge in [0.1, 0.15) is 0 Å². The third-order valence-electron chi connectivity index (χ3n) is 1.63. The number of hydrogen-bond donors (Lipinski definition) is 1. The van der Waals surface area contributed by atoms with Crippen LogP contribution in [-0.4, -0.2) is 26.6 Å². The summed E-state index contributed by atoms with van der Waals surface area (Å²) in [6.07, 6.45) is 0. The average Bonchev–Trinajstić information content (AvgIpc) is 2.43. The minimum absolute atomic E-state index is 0.291. The monoisotopic (exact) mass is 245 g/mol. The van der Waals surface area contributed by atoms with E-state index >= 15 is 0 Å². The Hall–Kier alpha value is -0.571. The second-order valence-electron chi connectivity index (χ2n) is 2.38. The van der Waals surface area contributed by atoms with Crippen molar-refractivity contribution in [1.82, 2.24) is 4.98 Å². The summed E-state index contributed by atoms with van der Waals surface area (Å²) in [6.45, 7) is 0. The maximum absolute atomic E-state index is 5.11. The number of H-pyrrole nitrogens is 1. The topological polar surface area (TPSA) is 25.0 Å². The Morgan fingerprint density at radius 1 is 1.50 bits per heavy atom. The zero-order valence-electron chi connectivity index (χ0n) is 6.46. The van der Waals surface area contributed by atoms with Gasteiger partial charge in [0, 0.05) is 0 Å². The summed E-state index contributed by atoms with van der Waals surface area (Å²) in [7, 11) is 1.68. The van der Waals surface area contributed by atoms with Gasteiger partial charge in [-0.05, 0) is 0 Å². The molecular weight excluding hydrogens is 237 g/mol. The SMILES string of the molecule is COc1ccc2[nH]c(=S)[se]c2c1. The van der Waals surface area contributed by atoms with Gasteiger partial charge in [0.25, 0.3) is 0 Å². The number of fused-ring (bicyclic) bond motifs is 1. The zero-order chi connectivity index (χ0) is 8.55. The Morgan fingerprint density at radius 2 is 2.33 bits per heavy atom. The summed E-state index contributed by atoms with van der Waals surface area (Å²) in [5.41, 5.74) is 1.14.